The van der Waals surface area contributed by atoms with Gasteiger partial charge in [-0.15, -0.1) is 0 Å². The van der Waals surface area contributed by atoms with Crippen LogP contribution in [0.25, 0.3) is 10.9 Å². The van der Waals surface area contributed by atoms with E-state index >= 15 is 0 Å². The molecule has 0 unspecified atom stereocenters. The predicted molar refractivity (Wildman–Crippen MR) is 113 cm³/mol. The monoisotopic (exact) mass is 409 g/mol. The highest BCUT2D eigenvalue weighted by molar-refractivity contribution is 6.12. The molecule has 156 valence electrons. The van der Waals surface area contributed by atoms with E-state index in [0.717, 1.165) is 16.5 Å². The van der Waals surface area contributed by atoms with E-state index < -0.39 is 0 Å². The molecule has 0 spiro atoms. The Morgan fingerprint density at radius 3 is 2.60 bits per heavy atom. The van der Waals surface area contributed by atoms with E-state index in [4.69, 9.17) is 4.74 Å². The number of hydrogen-bond acceptors (Lipinski definition) is 3. The quantitative estimate of drug-likeness (QED) is 0.676. The molecule has 1 saturated heterocycles. The number of H-pyrrole nitrogens is 1. The molecule has 0 atom stereocenters. The van der Waals surface area contributed by atoms with Gasteiger partial charge < -0.3 is 19.9 Å². The van der Waals surface area contributed by atoms with E-state index in [9.17, 15) is 14.0 Å². The van der Waals surface area contributed by atoms with Gasteiger partial charge in [0.2, 0.25) is 5.91 Å². The van der Waals surface area contributed by atoms with E-state index in [1.807, 2.05) is 25.1 Å². The lowest BCUT2D eigenvalue weighted by molar-refractivity contribution is -0.114. The number of rotatable bonds is 4. The zero-order valence-electron chi connectivity index (χ0n) is 17.0. The van der Waals surface area contributed by atoms with Gasteiger partial charge in [0.1, 0.15) is 11.8 Å². The number of benzene rings is 2. The molecule has 0 radical (unpaired) electrons. The number of fused-ring (bicyclic) bond motifs is 1. The lowest BCUT2D eigenvalue weighted by Crippen LogP contribution is -2.42. The van der Waals surface area contributed by atoms with Gasteiger partial charge in [0.25, 0.3) is 5.91 Å². The van der Waals surface area contributed by atoms with Crippen molar-refractivity contribution >= 4 is 28.4 Å². The smallest absolute Gasteiger partial charge is 0.272 e. The number of likely N-dealkylation sites (tertiary alicyclic amines) is 1. The SMILES string of the molecule is CC(=O)Nc1c(C(=O)N2CCC(Oc3ccccc3F)CC2)[nH]c2ccc(C)cc12. The number of anilines is 1. The van der Waals surface area contributed by atoms with Crippen LogP contribution >= 0.6 is 0 Å². The third-order valence-corrected chi connectivity index (χ3v) is 5.33. The van der Waals surface area contributed by atoms with Crippen molar-refractivity contribution in [1.29, 1.82) is 0 Å². The zero-order chi connectivity index (χ0) is 21.3. The largest absolute Gasteiger partial charge is 0.487 e. The highest BCUT2D eigenvalue weighted by atomic mass is 19.1. The lowest BCUT2D eigenvalue weighted by atomic mass is 10.1. The van der Waals surface area contributed by atoms with Crippen LogP contribution in [0.2, 0.25) is 0 Å². The first-order valence-electron chi connectivity index (χ1n) is 10.0. The number of piperidine rings is 1. The summed E-state index contributed by atoms with van der Waals surface area (Å²) in [5.41, 5.74) is 2.72. The van der Waals surface area contributed by atoms with Crippen LogP contribution in [0.3, 0.4) is 0 Å². The number of carbonyl (C=O) groups excluding carboxylic acids is 2. The third kappa shape index (κ3) is 4.01. The number of amides is 2. The van der Waals surface area contributed by atoms with Crippen LogP contribution in [0.5, 0.6) is 5.75 Å². The Labute approximate surface area is 174 Å². The Bertz CT molecular complexity index is 1100. The number of aryl methyl sites for hydroxylation is 1. The molecular formula is C23H24FN3O3. The van der Waals surface area contributed by atoms with Gasteiger partial charge >= 0.3 is 0 Å². The Hall–Kier alpha value is -3.35. The highest BCUT2D eigenvalue weighted by Gasteiger charge is 2.28. The number of nitrogens with zero attached hydrogens (tertiary/aromatic N) is 1. The van der Waals surface area contributed by atoms with Crippen LogP contribution in [0.15, 0.2) is 42.5 Å². The van der Waals surface area contributed by atoms with Gasteiger partial charge in [0, 0.05) is 43.8 Å². The average molecular weight is 409 g/mol. The number of ether oxygens (including phenoxy) is 1. The maximum Gasteiger partial charge on any atom is 0.272 e. The summed E-state index contributed by atoms with van der Waals surface area (Å²) in [5, 5.41) is 3.62. The van der Waals surface area contributed by atoms with Gasteiger partial charge in [-0.05, 0) is 31.2 Å². The molecule has 1 aliphatic heterocycles. The summed E-state index contributed by atoms with van der Waals surface area (Å²) in [4.78, 5) is 29.9. The average Bonchev–Trinajstić information content (AvgIpc) is 3.07. The molecule has 6 nitrogen and oxygen atoms in total. The van der Waals surface area contributed by atoms with Crippen LogP contribution in [0.4, 0.5) is 10.1 Å². The van der Waals surface area contributed by atoms with Crippen LogP contribution in [-0.4, -0.2) is 40.9 Å². The molecule has 2 N–H and O–H groups in total. The number of para-hydroxylation sites is 1. The second-order valence-electron chi connectivity index (χ2n) is 7.65. The van der Waals surface area contributed by atoms with Crippen LogP contribution in [0, 0.1) is 12.7 Å². The number of halogens is 1. The minimum atomic E-state index is -0.385. The molecule has 1 fully saturated rings. The molecule has 4 rings (SSSR count). The van der Waals surface area contributed by atoms with Crippen LogP contribution < -0.4 is 10.1 Å². The first kappa shape index (κ1) is 19.9. The second kappa shape index (κ2) is 8.18. The van der Waals surface area contributed by atoms with Gasteiger partial charge in [-0.3, -0.25) is 9.59 Å². The van der Waals surface area contributed by atoms with Crippen molar-refractivity contribution in [2.24, 2.45) is 0 Å². The maximum absolute atomic E-state index is 13.8. The molecule has 2 heterocycles. The Kier molecular flexibility index (Phi) is 5.44. The molecule has 2 amide bonds. The molecular weight excluding hydrogens is 385 g/mol. The zero-order valence-corrected chi connectivity index (χ0v) is 17.0. The fourth-order valence-corrected chi connectivity index (χ4v) is 3.83. The van der Waals surface area contributed by atoms with Crippen molar-refractivity contribution in [1.82, 2.24) is 9.88 Å². The highest BCUT2D eigenvalue weighted by Crippen LogP contribution is 2.31. The first-order valence-corrected chi connectivity index (χ1v) is 10.0. The van der Waals surface area contributed by atoms with Gasteiger partial charge in [0.05, 0.1) is 5.69 Å². The van der Waals surface area contributed by atoms with Crippen molar-refractivity contribution in [2.75, 3.05) is 18.4 Å². The summed E-state index contributed by atoms with van der Waals surface area (Å²) in [6.45, 7) is 4.37. The number of carbonyl (C=O) groups is 2. The minimum absolute atomic E-state index is 0.147. The summed E-state index contributed by atoms with van der Waals surface area (Å²) in [5.74, 6) is -0.550. The van der Waals surface area contributed by atoms with Crippen molar-refractivity contribution in [2.45, 2.75) is 32.8 Å². The standard InChI is InChI=1S/C23H24FN3O3/c1-14-7-8-19-17(13-14)21(25-15(2)28)22(26-19)23(29)27-11-9-16(10-12-27)30-20-6-4-3-5-18(20)24/h3-8,13,16,26H,9-12H2,1-2H3,(H,25,28). The number of hydrogen-bond donors (Lipinski definition) is 2. The van der Waals surface area contributed by atoms with Gasteiger partial charge in [0.15, 0.2) is 11.6 Å². The van der Waals surface area contributed by atoms with Crippen molar-refractivity contribution in [3.8, 4) is 5.75 Å². The predicted octanol–water partition coefficient (Wildman–Crippen LogP) is 4.26. The fourth-order valence-electron chi connectivity index (χ4n) is 3.83. The van der Waals surface area contributed by atoms with Crippen molar-refractivity contribution in [3.63, 3.8) is 0 Å². The van der Waals surface area contributed by atoms with Gasteiger partial charge in [-0.2, -0.15) is 0 Å². The lowest BCUT2D eigenvalue weighted by Gasteiger charge is -2.32. The van der Waals surface area contributed by atoms with E-state index in [1.54, 1.807) is 23.1 Å². The molecule has 30 heavy (non-hydrogen) atoms. The number of nitrogens with one attached hydrogen (secondary N) is 2. The summed E-state index contributed by atoms with van der Waals surface area (Å²) < 4.78 is 19.6. The van der Waals surface area contributed by atoms with Crippen LogP contribution in [0.1, 0.15) is 35.8 Å². The summed E-state index contributed by atoms with van der Waals surface area (Å²) >= 11 is 0. The maximum atomic E-state index is 13.8. The van der Waals surface area contributed by atoms with Crippen molar-refractivity contribution in [3.05, 3.63) is 59.5 Å². The van der Waals surface area contributed by atoms with Gasteiger partial charge in [-0.1, -0.05) is 23.8 Å². The summed E-state index contributed by atoms with van der Waals surface area (Å²) in [6, 6.07) is 12.1. The van der Waals surface area contributed by atoms with Crippen LogP contribution in [-0.2, 0) is 4.79 Å². The molecule has 7 heteroatoms. The molecule has 1 aromatic heterocycles. The summed E-state index contributed by atoms with van der Waals surface area (Å²) in [6.07, 6.45) is 1.06. The molecule has 0 bridgehead atoms. The third-order valence-electron chi connectivity index (χ3n) is 5.33. The van der Waals surface area contributed by atoms with E-state index in [-0.39, 0.29) is 29.5 Å². The minimum Gasteiger partial charge on any atom is -0.487 e. The Morgan fingerprint density at radius 1 is 1.17 bits per heavy atom. The molecule has 0 aliphatic carbocycles. The first-order chi connectivity index (χ1) is 14.4. The Morgan fingerprint density at radius 2 is 1.90 bits per heavy atom. The number of aromatic amines is 1. The molecule has 0 saturated carbocycles. The molecule has 3 aromatic rings. The molecule has 2 aromatic carbocycles. The topological polar surface area (TPSA) is 74.4 Å². The second-order valence-corrected chi connectivity index (χ2v) is 7.65. The van der Waals surface area contributed by atoms with E-state index in [2.05, 4.69) is 10.3 Å². The number of aromatic nitrogens is 1. The van der Waals surface area contributed by atoms with Gasteiger partial charge in [-0.25, -0.2) is 4.39 Å². The molecule has 1 aliphatic rings. The fraction of sp³-hybridized carbons (Fsp3) is 0.304. The van der Waals surface area contributed by atoms with E-state index in [1.165, 1.54) is 13.0 Å². The summed E-state index contributed by atoms with van der Waals surface area (Å²) in [7, 11) is 0. The van der Waals surface area contributed by atoms with E-state index in [0.29, 0.717) is 37.3 Å². The van der Waals surface area contributed by atoms with Crippen molar-refractivity contribution < 1.29 is 18.7 Å². The normalized spacial score (nSPS) is 14.7. The Balaban J connectivity index is 1.51.